The molecule has 1 aliphatic rings. The predicted molar refractivity (Wildman–Crippen MR) is 81.3 cm³/mol. The Bertz CT molecular complexity index is 645. The van der Waals surface area contributed by atoms with Crippen LogP contribution in [0.1, 0.15) is 30.4 Å². The summed E-state index contributed by atoms with van der Waals surface area (Å²) in [5.74, 6) is 0. The van der Waals surface area contributed by atoms with E-state index < -0.39 is 10.8 Å². The molecule has 21 heavy (non-hydrogen) atoms. The number of hydrogen-bond acceptors (Lipinski definition) is 2. The molecule has 0 heterocycles. The van der Waals surface area contributed by atoms with Crippen LogP contribution in [0.2, 0.25) is 0 Å². The van der Waals surface area contributed by atoms with Crippen LogP contribution in [0.15, 0.2) is 60.7 Å². The Morgan fingerprint density at radius 2 is 1.05 bits per heavy atom. The van der Waals surface area contributed by atoms with Gasteiger partial charge in [0.25, 0.3) is 0 Å². The molecule has 1 saturated carbocycles. The van der Waals surface area contributed by atoms with Crippen LogP contribution in [0.5, 0.6) is 0 Å². The van der Waals surface area contributed by atoms with Gasteiger partial charge in [-0.25, -0.2) is 0 Å². The topological polar surface area (TPSA) is 47.6 Å². The number of hydrogen-bond donors (Lipinski definition) is 0. The minimum Gasteiger partial charge on any atom is -0.197 e. The van der Waals surface area contributed by atoms with E-state index in [1.54, 1.807) is 0 Å². The van der Waals surface area contributed by atoms with E-state index in [9.17, 15) is 10.5 Å². The van der Waals surface area contributed by atoms with Crippen molar-refractivity contribution in [3.8, 4) is 12.1 Å². The summed E-state index contributed by atoms with van der Waals surface area (Å²) < 4.78 is 0. The minimum atomic E-state index is -0.760. The van der Waals surface area contributed by atoms with Gasteiger partial charge in [-0.1, -0.05) is 60.7 Å². The van der Waals surface area contributed by atoms with Crippen molar-refractivity contribution in [2.75, 3.05) is 0 Å². The summed E-state index contributed by atoms with van der Waals surface area (Å²) in [6.45, 7) is 0. The highest BCUT2D eigenvalue weighted by Gasteiger charge is 2.58. The first kappa shape index (κ1) is 13.4. The largest absolute Gasteiger partial charge is 0.197 e. The first-order chi connectivity index (χ1) is 10.3. The predicted octanol–water partition coefficient (Wildman–Crippen LogP) is 4.09. The molecular weight excluding hydrogens is 256 g/mol. The van der Waals surface area contributed by atoms with Gasteiger partial charge in [-0.2, -0.15) is 10.5 Å². The molecule has 0 radical (unpaired) electrons. The number of nitrogens with zero attached hydrogens (tertiary/aromatic N) is 2. The molecule has 0 N–H and O–H groups in total. The van der Waals surface area contributed by atoms with Crippen molar-refractivity contribution in [1.29, 1.82) is 10.5 Å². The fourth-order valence-electron chi connectivity index (χ4n) is 3.70. The van der Waals surface area contributed by atoms with Gasteiger partial charge in [-0.05, 0) is 30.4 Å². The first-order valence-corrected chi connectivity index (χ1v) is 7.23. The molecule has 0 aromatic heterocycles. The molecule has 0 spiro atoms. The zero-order valence-electron chi connectivity index (χ0n) is 11.8. The van der Waals surface area contributed by atoms with Gasteiger partial charge in [0.2, 0.25) is 0 Å². The summed E-state index contributed by atoms with van der Waals surface area (Å²) in [5.41, 5.74) is 0.389. The van der Waals surface area contributed by atoms with Crippen molar-refractivity contribution in [2.45, 2.75) is 30.1 Å². The van der Waals surface area contributed by atoms with Crippen molar-refractivity contribution in [3.63, 3.8) is 0 Å². The monoisotopic (exact) mass is 272 g/mol. The Balaban J connectivity index is 2.26. The van der Waals surface area contributed by atoms with Crippen molar-refractivity contribution in [3.05, 3.63) is 71.8 Å². The molecule has 2 aromatic carbocycles. The fraction of sp³-hybridized carbons (Fsp3) is 0.263. The average molecular weight is 272 g/mol. The number of benzene rings is 2. The Morgan fingerprint density at radius 1 is 0.667 bits per heavy atom. The van der Waals surface area contributed by atoms with Crippen LogP contribution in [0.3, 0.4) is 0 Å². The van der Waals surface area contributed by atoms with E-state index in [1.807, 2.05) is 60.7 Å². The lowest BCUT2D eigenvalue weighted by molar-refractivity contribution is 0.407. The van der Waals surface area contributed by atoms with Gasteiger partial charge >= 0.3 is 0 Å². The second kappa shape index (κ2) is 5.08. The van der Waals surface area contributed by atoms with Crippen molar-refractivity contribution < 1.29 is 0 Å². The van der Waals surface area contributed by atoms with Crippen molar-refractivity contribution in [1.82, 2.24) is 0 Å². The smallest absolute Gasteiger partial charge is 0.105 e. The van der Waals surface area contributed by atoms with Crippen LogP contribution in [-0.2, 0) is 10.8 Å². The van der Waals surface area contributed by atoms with Crippen molar-refractivity contribution in [2.24, 2.45) is 0 Å². The van der Waals surface area contributed by atoms with E-state index >= 15 is 0 Å². The molecular formula is C19H16N2. The average Bonchev–Trinajstić information content (AvgIpc) is 2.97. The third kappa shape index (κ3) is 1.77. The van der Waals surface area contributed by atoms with E-state index in [0.717, 1.165) is 30.4 Å². The zero-order chi connectivity index (χ0) is 14.8. The molecule has 0 unspecified atom stereocenters. The standard InChI is InChI=1S/C19H16N2/c20-14-18(16-8-3-1-4-9-16)12-7-13-19(18,15-21)17-10-5-2-6-11-17/h1-6,8-11H,7,12-13H2/t18-,19-/m1/s1. The molecule has 0 amide bonds. The maximum absolute atomic E-state index is 10.00. The van der Waals surface area contributed by atoms with E-state index in [1.165, 1.54) is 0 Å². The molecule has 0 aliphatic heterocycles. The lowest BCUT2D eigenvalue weighted by atomic mass is 9.60. The molecule has 3 rings (SSSR count). The van der Waals surface area contributed by atoms with Gasteiger partial charge in [0.1, 0.15) is 10.8 Å². The van der Waals surface area contributed by atoms with Gasteiger partial charge in [0.15, 0.2) is 0 Å². The summed E-state index contributed by atoms with van der Waals surface area (Å²) in [5, 5.41) is 20.0. The van der Waals surface area contributed by atoms with Gasteiger partial charge in [-0.15, -0.1) is 0 Å². The third-order valence-electron chi connectivity index (χ3n) is 4.75. The Hall–Kier alpha value is -2.58. The summed E-state index contributed by atoms with van der Waals surface area (Å²) in [4.78, 5) is 0. The van der Waals surface area contributed by atoms with Crippen LogP contribution in [0.25, 0.3) is 0 Å². The third-order valence-corrected chi connectivity index (χ3v) is 4.75. The van der Waals surface area contributed by atoms with E-state index in [-0.39, 0.29) is 0 Å². The first-order valence-electron chi connectivity index (χ1n) is 7.23. The molecule has 2 atom stereocenters. The van der Waals surface area contributed by atoms with E-state index in [4.69, 9.17) is 0 Å². The molecule has 1 fully saturated rings. The highest BCUT2D eigenvalue weighted by atomic mass is 14.6. The Morgan fingerprint density at radius 3 is 1.38 bits per heavy atom. The van der Waals surface area contributed by atoms with Crippen LogP contribution in [0.4, 0.5) is 0 Å². The molecule has 2 heteroatoms. The maximum atomic E-state index is 10.00. The SMILES string of the molecule is N#C[C@@]1(c2ccccc2)CCC[C@@]1(C#N)c1ccccc1. The molecule has 1 aliphatic carbocycles. The normalized spacial score (nSPS) is 27.7. The summed E-state index contributed by atoms with van der Waals surface area (Å²) in [6.07, 6.45) is 2.36. The maximum Gasteiger partial charge on any atom is 0.105 e. The molecule has 0 saturated heterocycles. The number of nitriles is 2. The van der Waals surface area contributed by atoms with E-state index in [2.05, 4.69) is 12.1 Å². The second-order valence-electron chi connectivity index (χ2n) is 5.62. The number of rotatable bonds is 2. The fourth-order valence-corrected chi connectivity index (χ4v) is 3.70. The lowest BCUT2D eigenvalue weighted by Crippen LogP contribution is -2.43. The van der Waals surface area contributed by atoms with Crippen LogP contribution in [-0.4, -0.2) is 0 Å². The molecule has 102 valence electrons. The summed E-state index contributed by atoms with van der Waals surface area (Å²) >= 11 is 0. The van der Waals surface area contributed by atoms with Gasteiger partial charge in [-0.3, -0.25) is 0 Å². The van der Waals surface area contributed by atoms with Crippen LogP contribution < -0.4 is 0 Å². The molecule has 0 bridgehead atoms. The van der Waals surface area contributed by atoms with Gasteiger partial charge in [0.05, 0.1) is 12.1 Å². The van der Waals surface area contributed by atoms with Crippen molar-refractivity contribution >= 4 is 0 Å². The summed E-state index contributed by atoms with van der Waals surface area (Å²) in [7, 11) is 0. The van der Waals surface area contributed by atoms with Crippen LogP contribution >= 0.6 is 0 Å². The quantitative estimate of drug-likeness (QED) is 0.826. The Labute approximate surface area is 125 Å². The molecule has 2 aromatic rings. The minimum absolute atomic E-state index is 0.732. The highest BCUT2D eigenvalue weighted by Crippen LogP contribution is 2.55. The second-order valence-corrected chi connectivity index (χ2v) is 5.62. The molecule has 2 nitrogen and oxygen atoms in total. The van der Waals surface area contributed by atoms with Gasteiger partial charge < -0.3 is 0 Å². The highest BCUT2D eigenvalue weighted by molar-refractivity contribution is 5.51. The zero-order valence-corrected chi connectivity index (χ0v) is 11.8. The van der Waals surface area contributed by atoms with Crippen LogP contribution in [0, 0.1) is 22.7 Å². The van der Waals surface area contributed by atoms with E-state index in [0.29, 0.717) is 0 Å². The van der Waals surface area contributed by atoms with Gasteiger partial charge in [0, 0.05) is 0 Å². The lowest BCUT2D eigenvalue weighted by Gasteiger charge is -2.37. The summed E-state index contributed by atoms with van der Waals surface area (Å²) in [6, 6.07) is 24.6. The Kier molecular flexibility index (Phi) is 3.24.